The van der Waals surface area contributed by atoms with Crippen LogP contribution >= 0.6 is 0 Å². The van der Waals surface area contributed by atoms with E-state index in [1.165, 1.54) is 0 Å². The zero-order valence-electron chi connectivity index (χ0n) is 17.6. The maximum absolute atomic E-state index is 12.9. The molecule has 1 atom stereocenters. The fraction of sp³-hybridized carbons (Fsp3) is 0.192. The van der Waals surface area contributed by atoms with Crippen molar-refractivity contribution in [3.63, 3.8) is 0 Å². The van der Waals surface area contributed by atoms with E-state index in [1.807, 2.05) is 48.5 Å². The van der Waals surface area contributed by atoms with Gasteiger partial charge < -0.3 is 14.8 Å². The van der Waals surface area contributed by atoms with Gasteiger partial charge in [-0.3, -0.25) is 14.4 Å². The van der Waals surface area contributed by atoms with Crippen LogP contribution in [0, 0.1) is 0 Å². The van der Waals surface area contributed by atoms with E-state index in [0.717, 1.165) is 22.3 Å². The summed E-state index contributed by atoms with van der Waals surface area (Å²) in [6.07, 6.45) is 3.05. The van der Waals surface area contributed by atoms with Crippen molar-refractivity contribution >= 4 is 11.8 Å². The fourth-order valence-corrected chi connectivity index (χ4v) is 4.43. The van der Waals surface area contributed by atoms with E-state index in [0.29, 0.717) is 37.2 Å². The number of rotatable bonds is 4. The topological polar surface area (TPSA) is 71.4 Å². The number of hydrogen-bond acceptors (Lipinski definition) is 3. The molecule has 160 valence electrons. The first-order valence-corrected chi connectivity index (χ1v) is 10.7. The number of allylic oxidation sites excluding steroid dienone is 1. The highest BCUT2D eigenvalue weighted by atomic mass is 16.2. The number of nitrogens with zero attached hydrogens (tertiary/aromatic N) is 2. The Kier molecular flexibility index (Phi) is 4.98. The molecule has 0 radical (unpaired) electrons. The van der Waals surface area contributed by atoms with Crippen LogP contribution in [0.5, 0.6) is 0 Å². The highest BCUT2D eigenvalue weighted by molar-refractivity contribution is 6.02. The Morgan fingerprint density at radius 3 is 2.50 bits per heavy atom. The highest BCUT2D eigenvalue weighted by Gasteiger charge is 2.38. The second-order valence-corrected chi connectivity index (χ2v) is 8.32. The van der Waals surface area contributed by atoms with Gasteiger partial charge in [0.25, 0.3) is 11.5 Å². The van der Waals surface area contributed by atoms with Crippen molar-refractivity contribution in [2.75, 3.05) is 0 Å². The maximum atomic E-state index is 12.9. The van der Waals surface area contributed by atoms with Gasteiger partial charge in [-0.2, -0.15) is 0 Å². The van der Waals surface area contributed by atoms with Crippen molar-refractivity contribution in [2.45, 2.75) is 32.0 Å². The van der Waals surface area contributed by atoms with Crippen molar-refractivity contribution in [3.05, 3.63) is 106 Å². The van der Waals surface area contributed by atoms with Gasteiger partial charge in [-0.1, -0.05) is 43.0 Å². The van der Waals surface area contributed by atoms with Crippen molar-refractivity contribution in [2.24, 2.45) is 0 Å². The Balaban J connectivity index is 1.38. The van der Waals surface area contributed by atoms with Gasteiger partial charge in [-0.25, -0.2) is 0 Å². The Labute approximate surface area is 185 Å². The van der Waals surface area contributed by atoms with E-state index in [-0.39, 0.29) is 17.4 Å². The molecule has 5 rings (SSSR count). The van der Waals surface area contributed by atoms with E-state index in [2.05, 4.69) is 11.9 Å². The lowest BCUT2D eigenvalue weighted by Gasteiger charge is -2.30. The molecule has 2 aliphatic rings. The summed E-state index contributed by atoms with van der Waals surface area (Å²) in [6, 6.07) is 18.5. The summed E-state index contributed by atoms with van der Waals surface area (Å²) in [7, 11) is 0. The molecule has 6 heteroatoms. The first-order chi connectivity index (χ1) is 15.5. The first kappa shape index (κ1) is 20.0. The van der Waals surface area contributed by atoms with Crippen molar-refractivity contribution in [1.82, 2.24) is 14.8 Å². The normalized spacial score (nSPS) is 17.9. The molecule has 2 amide bonds. The molecule has 0 bridgehead atoms. The number of carbonyl (C=O) groups is 2. The Morgan fingerprint density at radius 2 is 1.75 bits per heavy atom. The summed E-state index contributed by atoms with van der Waals surface area (Å²) in [4.78, 5) is 39.6. The Hall–Kier alpha value is -3.93. The molecule has 0 saturated carbocycles. The number of hydrogen-bond donors (Lipinski definition) is 1. The van der Waals surface area contributed by atoms with Crippen LogP contribution < -0.4 is 10.9 Å². The van der Waals surface area contributed by atoms with Crippen LogP contribution in [0.1, 0.15) is 34.3 Å². The minimum Gasteiger partial charge on any atom is -0.329 e. The second kappa shape index (κ2) is 7.96. The number of amides is 2. The number of benzene rings is 2. The predicted octanol–water partition coefficient (Wildman–Crippen LogP) is 3.31. The quantitative estimate of drug-likeness (QED) is 0.697. The predicted molar refractivity (Wildman–Crippen MR) is 122 cm³/mol. The third kappa shape index (κ3) is 3.64. The standard InChI is InChI=1S/C26H23N3O3/c1-17-7-10-23(25(31)27-17)29-16-21-13-19(8-9-22(21)26(29)32)20-11-12-28(24(30)14-20)15-18-5-3-2-4-6-18/h2-6,8-9,11-14,23H,1,7,10,15-16H2,(H,27,31). The minimum absolute atomic E-state index is 0.0799. The van der Waals surface area contributed by atoms with Crippen LogP contribution in [0.3, 0.4) is 0 Å². The lowest BCUT2D eigenvalue weighted by atomic mass is 10.0. The van der Waals surface area contributed by atoms with E-state index in [9.17, 15) is 14.4 Å². The van der Waals surface area contributed by atoms with E-state index < -0.39 is 6.04 Å². The van der Waals surface area contributed by atoms with Gasteiger partial charge in [-0.05, 0) is 53.3 Å². The van der Waals surface area contributed by atoms with Crippen LogP contribution in [0.4, 0.5) is 0 Å². The number of fused-ring (bicyclic) bond motifs is 1. The third-order valence-corrected chi connectivity index (χ3v) is 6.16. The fourth-order valence-electron chi connectivity index (χ4n) is 4.43. The van der Waals surface area contributed by atoms with Gasteiger partial charge in [0, 0.05) is 30.1 Å². The average Bonchev–Trinajstić information content (AvgIpc) is 3.11. The molecule has 0 spiro atoms. The number of carbonyl (C=O) groups excluding carboxylic acids is 2. The molecule has 1 unspecified atom stereocenters. The van der Waals surface area contributed by atoms with Gasteiger partial charge in [0.1, 0.15) is 6.04 Å². The molecule has 3 heterocycles. The van der Waals surface area contributed by atoms with Crippen LogP contribution in [0.25, 0.3) is 11.1 Å². The summed E-state index contributed by atoms with van der Waals surface area (Å²) >= 11 is 0. The minimum atomic E-state index is -0.481. The van der Waals surface area contributed by atoms with E-state index in [1.54, 1.807) is 27.8 Å². The van der Waals surface area contributed by atoms with Crippen LogP contribution in [0.2, 0.25) is 0 Å². The lowest BCUT2D eigenvalue weighted by molar-refractivity contribution is -0.126. The van der Waals surface area contributed by atoms with Crippen LogP contribution in [0.15, 0.2) is 83.9 Å². The van der Waals surface area contributed by atoms with E-state index >= 15 is 0 Å². The summed E-state index contributed by atoms with van der Waals surface area (Å²) in [5, 5.41) is 2.76. The SMILES string of the molecule is C=C1CCC(N2Cc3cc(-c4ccn(Cc5ccccc5)c(=O)c4)ccc3C2=O)C(=O)N1. The molecule has 2 aromatic carbocycles. The molecule has 6 nitrogen and oxygen atoms in total. The maximum Gasteiger partial charge on any atom is 0.255 e. The monoisotopic (exact) mass is 425 g/mol. The van der Waals surface area contributed by atoms with Crippen LogP contribution in [-0.2, 0) is 17.9 Å². The van der Waals surface area contributed by atoms with Gasteiger partial charge in [0.2, 0.25) is 5.91 Å². The molecule has 2 aliphatic heterocycles. The molecule has 0 aliphatic carbocycles. The summed E-state index contributed by atoms with van der Waals surface area (Å²) in [5.41, 5.74) is 4.85. The zero-order chi connectivity index (χ0) is 22.2. The first-order valence-electron chi connectivity index (χ1n) is 10.7. The number of aromatic nitrogens is 1. The smallest absolute Gasteiger partial charge is 0.255 e. The Bertz CT molecular complexity index is 1290. The Morgan fingerprint density at radius 1 is 0.969 bits per heavy atom. The summed E-state index contributed by atoms with van der Waals surface area (Å²) in [6.45, 7) is 4.71. The second-order valence-electron chi connectivity index (χ2n) is 8.32. The largest absolute Gasteiger partial charge is 0.329 e. The zero-order valence-corrected chi connectivity index (χ0v) is 17.6. The van der Waals surface area contributed by atoms with E-state index in [4.69, 9.17) is 0 Å². The van der Waals surface area contributed by atoms with Gasteiger partial charge >= 0.3 is 0 Å². The van der Waals surface area contributed by atoms with Gasteiger partial charge in [-0.15, -0.1) is 0 Å². The van der Waals surface area contributed by atoms with Gasteiger partial charge in [0.15, 0.2) is 0 Å². The average molecular weight is 425 g/mol. The number of piperidine rings is 1. The molecular weight excluding hydrogens is 402 g/mol. The van der Waals surface area contributed by atoms with Crippen molar-refractivity contribution < 1.29 is 9.59 Å². The summed E-state index contributed by atoms with van der Waals surface area (Å²) in [5.74, 6) is -0.304. The third-order valence-electron chi connectivity index (χ3n) is 6.16. The highest BCUT2D eigenvalue weighted by Crippen LogP contribution is 2.31. The molecule has 1 fully saturated rings. The molecule has 32 heavy (non-hydrogen) atoms. The molecule has 1 N–H and O–H groups in total. The summed E-state index contributed by atoms with van der Waals surface area (Å²) < 4.78 is 1.67. The molecule has 1 saturated heterocycles. The van der Waals surface area contributed by atoms with Crippen molar-refractivity contribution in [3.8, 4) is 11.1 Å². The molecule has 1 aromatic heterocycles. The number of nitrogens with one attached hydrogen (secondary N) is 1. The van der Waals surface area contributed by atoms with Crippen LogP contribution in [-0.4, -0.2) is 27.3 Å². The molecular formula is C26H23N3O3. The van der Waals surface area contributed by atoms with Crippen molar-refractivity contribution in [1.29, 1.82) is 0 Å². The lowest BCUT2D eigenvalue weighted by Crippen LogP contribution is -2.49. The van der Waals surface area contributed by atoms with Gasteiger partial charge in [0.05, 0.1) is 6.54 Å². The number of pyridine rings is 1. The molecule has 3 aromatic rings.